The zero-order valence-electron chi connectivity index (χ0n) is 10.3. The molecule has 3 aromatic heterocycles. The van der Waals surface area contributed by atoms with Crippen molar-refractivity contribution in [2.24, 2.45) is 0 Å². The number of aliphatic hydroxyl groups is 1. The van der Waals surface area contributed by atoms with E-state index in [4.69, 9.17) is 0 Å². The lowest BCUT2D eigenvalue weighted by Crippen LogP contribution is -2.01. The molecule has 3 heterocycles. The molecule has 0 aliphatic carbocycles. The van der Waals surface area contributed by atoms with Crippen LogP contribution in [-0.4, -0.2) is 14.5 Å². The largest absolute Gasteiger partial charge is 0.387 e. The molecule has 18 heavy (non-hydrogen) atoms. The summed E-state index contributed by atoms with van der Waals surface area (Å²) in [6.07, 6.45) is -0.543. The van der Waals surface area contributed by atoms with Gasteiger partial charge in [0.15, 0.2) is 0 Å². The zero-order valence-corrected chi connectivity index (χ0v) is 11.1. The summed E-state index contributed by atoms with van der Waals surface area (Å²) in [5.74, 6) is 0. The average Bonchev–Trinajstić information content (AvgIpc) is 2.95. The van der Waals surface area contributed by atoms with Crippen LogP contribution in [0.4, 0.5) is 0 Å². The van der Waals surface area contributed by atoms with E-state index < -0.39 is 6.10 Å². The minimum Gasteiger partial charge on any atom is -0.387 e. The van der Waals surface area contributed by atoms with E-state index in [0.717, 1.165) is 27.6 Å². The van der Waals surface area contributed by atoms with Gasteiger partial charge in [0.2, 0.25) is 0 Å². The SMILES string of the molecule is Cc1cccc2nc(-c3cccs3)c(C(C)O)n12. The van der Waals surface area contributed by atoms with Crippen molar-refractivity contribution in [3.8, 4) is 10.6 Å². The van der Waals surface area contributed by atoms with Gasteiger partial charge in [-0.05, 0) is 37.4 Å². The molecule has 1 atom stereocenters. The summed E-state index contributed by atoms with van der Waals surface area (Å²) in [6, 6.07) is 10.0. The molecule has 3 nitrogen and oxygen atoms in total. The Hall–Kier alpha value is -1.65. The van der Waals surface area contributed by atoms with Crippen molar-refractivity contribution >= 4 is 17.0 Å². The van der Waals surface area contributed by atoms with E-state index >= 15 is 0 Å². The fourth-order valence-corrected chi connectivity index (χ4v) is 2.98. The van der Waals surface area contributed by atoms with Crippen molar-refractivity contribution in [3.05, 3.63) is 47.1 Å². The summed E-state index contributed by atoms with van der Waals surface area (Å²) in [7, 11) is 0. The highest BCUT2D eigenvalue weighted by molar-refractivity contribution is 7.13. The monoisotopic (exact) mass is 258 g/mol. The van der Waals surface area contributed by atoms with Crippen molar-refractivity contribution in [2.45, 2.75) is 20.0 Å². The van der Waals surface area contributed by atoms with Gasteiger partial charge in [0.25, 0.3) is 0 Å². The van der Waals surface area contributed by atoms with Gasteiger partial charge in [-0.15, -0.1) is 11.3 Å². The second kappa shape index (κ2) is 4.23. The number of hydrogen-bond acceptors (Lipinski definition) is 3. The van der Waals surface area contributed by atoms with Gasteiger partial charge in [-0.3, -0.25) is 4.40 Å². The second-order valence-electron chi connectivity index (χ2n) is 4.36. The van der Waals surface area contributed by atoms with Crippen molar-refractivity contribution in [2.75, 3.05) is 0 Å². The van der Waals surface area contributed by atoms with Gasteiger partial charge >= 0.3 is 0 Å². The molecule has 0 radical (unpaired) electrons. The Balaban J connectivity index is 2.39. The molecular formula is C14H14N2OS. The van der Waals surface area contributed by atoms with Crippen LogP contribution in [0.1, 0.15) is 24.4 Å². The summed E-state index contributed by atoms with van der Waals surface area (Å²) in [4.78, 5) is 5.74. The van der Waals surface area contributed by atoms with Crippen LogP contribution in [0.5, 0.6) is 0 Å². The van der Waals surface area contributed by atoms with E-state index in [9.17, 15) is 5.11 Å². The number of nitrogens with zero attached hydrogens (tertiary/aromatic N) is 2. The minimum absolute atomic E-state index is 0.543. The lowest BCUT2D eigenvalue weighted by Gasteiger charge is -2.09. The number of aromatic nitrogens is 2. The Morgan fingerprint density at radius 3 is 2.78 bits per heavy atom. The molecule has 4 heteroatoms. The van der Waals surface area contributed by atoms with Gasteiger partial charge in [0.1, 0.15) is 11.3 Å². The minimum atomic E-state index is -0.543. The number of rotatable bonds is 2. The predicted octanol–water partition coefficient (Wildman–Crippen LogP) is 3.42. The Labute approximate surface area is 109 Å². The molecule has 0 aliphatic rings. The number of imidazole rings is 1. The molecule has 0 aromatic carbocycles. The fraction of sp³-hybridized carbons (Fsp3) is 0.214. The number of aryl methyl sites for hydroxylation is 1. The smallest absolute Gasteiger partial charge is 0.138 e. The average molecular weight is 258 g/mol. The Kier molecular flexibility index (Phi) is 2.69. The number of aliphatic hydroxyl groups excluding tert-OH is 1. The van der Waals surface area contributed by atoms with Crippen LogP contribution in [-0.2, 0) is 0 Å². The van der Waals surface area contributed by atoms with Crippen LogP contribution in [0.2, 0.25) is 0 Å². The standard InChI is InChI=1S/C14H14N2OS/c1-9-5-3-7-12-15-13(11-6-4-8-18-11)14(10(2)17)16(9)12/h3-8,10,17H,1-2H3. The van der Waals surface area contributed by atoms with E-state index in [2.05, 4.69) is 4.98 Å². The number of fused-ring (bicyclic) bond motifs is 1. The highest BCUT2D eigenvalue weighted by atomic mass is 32.1. The maximum absolute atomic E-state index is 10.1. The molecule has 3 aromatic rings. The molecule has 0 saturated carbocycles. The third-order valence-corrected chi connectivity index (χ3v) is 3.90. The van der Waals surface area contributed by atoms with E-state index in [1.807, 2.05) is 47.0 Å². The molecule has 1 unspecified atom stereocenters. The molecule has 1 N–H and O–H groups in total. The zero-order chi connectivity index (χ0) is 12.7. The van der Waals surface area contributed by atoms with Crippen molar-refractivity contribution in [1.82, 2.24) is 9.38 Å². The predicted molar refractivity (Wildman–Crippen MR) is 73.9 cm³/mol. The number of thiophene rings is 1. The Bertz CT molecular complexity index is 683. The summed E-state index contributed by atoms with van der Waals surface area (Å²) in [6.45, 7) is 3.81. The maximum Gasteiger partial charge on any atom is 0.138 e. The summed E-state index contributed by atoms with van der Waals surface area (Å²) >= 11 is 1.64. The van der Waals surface area contributed by atoms with Gasteiger partial charge in [-0.1, -0.05) is 12.1 Å². The van der Waals surface area contributed by atoms with Crippen LogP contribution in [0.3, 0.4) is 0 Å². The molecule has 0 aliphatic heterocycles. The molecule has 3 rings (SSSR count). The second-order valence-corrected chi connectivity index (χ2v) is 5.31. The summed E-state index contributed by atoms with van der Waals surface area (Å²) < 4.78 is 2.03. The molecule has 0 spiro atoms. The maximum atomic E-state index is 10.1. The van der Waals surface area contributed by atoms with Crippen LogP contribution in [0.25, 0.3) is 16.2 Å². The Morgan fingerprint density at radius 1 is 1.28 bits per heavy atom. The van der Waals surface area contributed by atoms with Crippen LogP contribution in [0, 0.1) is 6.92 Å². The van der Waals surface area contributed by atoms with Gasteiger partial charge in [0, 0.05) is 5.69 Å². The molecule has 0 fully saturated rings. The van der Waals surface area contributed by atoms with Crippen molar-refractivity contribution < 1.29 is 5.11 Å². The van der Waals surface area contributed by atoms with Gasteiger partial charge < -0.3 is 5.11 Å². The van der Waals surface area contributed by atoms with Crippen molar-refractivity contribution in [1.29, 1.82) is 0 Å². The van der Waals surface area contributed by atoms with Crippen molar-refractivity contribution in [3.63, 3.8) is 0 Å². The van der Waals surface area contributed by atoms with Crippen LogP contribution < -0.4 is 0 Å². The highest BCUT2D eigenvalue weighted by Crippen LogP contribution is 2.32. The third-order valence-electron chi connectivity index (χ3n) is 3.02. The first-order valence-electron chi connectivity index (χ1n) is 5.88. The first-order chi connectivity index (χ1) is 8.68. The Morgan fingerprint density at radius 2 is 2.11 bits per heavy atom. The summed E-state index contributed by atoms with van der Waals surface area (Å²) in [5.41, 5.74) is 3.72. The fourth-order valence-electron chi connectivity index (χ4n) is 2.26. The van der Waals surface area contributed by atoms with E-state index in [0.29, 0.717) is 0 Å². The van der Waals surface area contributed by atoms with E-state index in [1.54, 1.807) is 18.3 Å². The van der Waals surface area contributed by atoms with Crippen LogP contribution in [0.15, 0.2) is 35.7 Å². The number of pyridine rings is 1. The molecule has 0 saturated heterocycles. The molecular weight excluding hydrogens is 244 g/mol. The number of hydrogen-bond donors (Lipinski definition) is 1. The van der Waals surface area contributed by atoms with Gasteiger partial charge in [-0.2, -0.15) is 0 Å². The van der Waals surface area contributed by atoms with Gasteiger partial charge in [0.05, 0.1) is 16.7 Å². The molecule has 0 amide bonds. The van der Waals surface area contributed by atoms with Crippen LogP contribution >= 0.6 is 11.3 Å². The van der Waals surface area contributed by atoms with E-state index in [-0.39, 0.29) is 0 Å². The highest BCUT2D eigenvalue weighted by Gasteiger charge is 2.19. The summed E-state index contributed by atoms with van der Waals surface area (Å²) in [5, 5.41) is 12.1. The quantitative estimate of drug-likeness (QED) is 0.764. The molecule has 92 valence electrons. The lowest BCUT2D eigenvalue weighted by atomic mass is 10.2. The lowest BCUT2D eigenvalue weighted by molar-refractivity contribution is 0.194. The molecule has 0 bridgehead atoms. The topological polar surface area (TPSA) is 37.5 Å². The normalized spacial score (nSPS) is 13.1. The first-order valence-corrected chi connectivity index (χ1v) is 6.76. The van der Waals surface area contributed by atoms with Gasteiger partial charge in [-0.25, -0.2) is 4.98 Å². The first kappa shape index (κ1) is 11.4. The third kappa shape index (κ3) is 1.65. The van der Waals surface area contributed by atoms with E-state index in [1.165, 1.54) is 0 Å².